The summed E-state index contributed by atoms with van der Waals surface area (Å²) in [6, 6.07) is 0. The number of rotatable bonds is 13. The van der Waals surface area contributed by atoms with Gasteiger partial charge in [-0.3, -0.25) is 9.59 Å². The molecule has 0 aromatic rings. The topological polar surface area (TPSA) is 94.8 Å². The minimum Gasteiger partial charge on any atom is -0.481 e. The van der Waals surface area contributed by atoms with Crippen LogP contribution in [0.5, 0.6) is 0 Å². The quantitative estimate of drug-likeness (QED) is 0.452. The number of aliphatic carboxylic acids is 2. The largest absolute Gasteiger partial charge is 0.481 e. The van der Waals surface area contributed by atoms with Gasteiger partial charge in [-0.1, -0.05) is 51.4 Å². The monoisotopic (exact) mass is 290 g/mol. The second-order valence-electron chi connectivity index (χ2n) is 4.82. The van der Waals surface area contributed by atoms with E-state index in [-0.39, 0.29) is 0 Å². The van der Waals surface area contributed by atoms with Crippen LogP contribution in [0.4, 0.5) is 0 Å². The molecule has 0 saturated heterocycles. The number of hydrogen-bond acceptors (Lipinski definition) is 3. The molecule has 0 aliphatic rings. The fraction of sp³-hybridized carbons (Fsp3) is 0.867. The van der Waals surface area contributed by atoms with E-state index in [1.165, 1.54) is 25.7 Å². The van der Waals surface area contributed by atoms with Gasteiger partial charge >= 0.3 is 11.9 Å². The predicted octanol–water partition coefficient (Wildman–Crippen LogP) is 3.45. The summed E-state index contributed by atoms with van der Waals surface area (Å²) in [5.41, 5.74) is 0. The van der Waals surface area contributed by atoms with Gasteiger partial charge in [0, 0.05) is 20.0 Å². The highest BCUT2D eigenvalue weighted by molar-refractivity contribution is 5.66. The van der Waals surface area contributed by atoms with Gasteiger partial charge in [0.2, 0.25) is 0 Å². The van der Waals surface area contributed by atoms with Gasteiger partial charge in [-0.05, 0) is 12.8 Å². The Morgan fingerprint density at radius 1 is 0.550 bits per heavy atom. The van der Waals surface area contributed by atoms with Crippen LogP contribution in [0.15, 0.2) is 0 Å². The maximum absolute atomic E-state index is 10.3. The summed E-state index contributed by atoms with van der Waals surface area (Å²) in [7, 11) is 1.00. The van der Waals surface area contributed by atoms with Crippen molar-refractivity contribution in [3.8, 4) is 0 Å². The SMILES string of the molecule is CO.O=C(O)CCCCCCCCCCCCC(=O)O. The van der Waals surface area contributed by atoms with Crippen LogP contribution >= 0.6 is 0 Å². The fourth-order valence-corrected chi connectivity index (χ4v) is 1.97. The Morgan fingerprint density at radius 3 is 0.950 bits per heavy atom. The number of unbranched alkanes of at least 4 members (excludes halogenated alkanes) is 9. The van der Waals surface area contributed by atoms with Gasteiger partial charge in [-0.2, -0.15) is 0 Å². The van der Waals surface area contributed by atoms with Gasteiger partial charge in [0.15, 0.2) is 0 Å². The molecular formula is C15H30O5. The average molecular weight is 290 g/mol. The summed E-state index contributed by atoms with van der Waals surface area (Å²) >= 11 is 0. The van der Waals surface area contributed by atoms with Crippen LogP contribution in [-0.2, 0) is 9.59 Å². The van der Waals surface area contributed by atoms with E-state index in [0.29, 0.717) is 12.8 Å². The summed E-state index contributed by atoms with van der Waals surface area (Å²) in [5, 5.41) is 23.9. The van der Waals surface area contributed by atoms with Crippen molar-refractivity contribution in [2.75, 3.05) is 7.11 Å². The molecular weight excluding hydrogens is 260 g/mol. The van der Waals surface area contributed by atoms with Crippen LogP contribution in [0.3, 0.4) is 0 Å². The second kappa shape index (κ2) is 17.9. The smallest absolute Gasteiger partial charge is 0.303 e. The van der Waals surface area contributed by atoms with Gasteiger partial charge in [0.1, 0.15) is 0 Å². The maximum atomic E-state index is 10.3. The van der Waals surface area contributed by atoms with Gasteiger partial charge in [0.25, 0.3) is 0 Å². The van der Waals surface area contributed by atoms with Crippen LogP contribution in [-0.4, -0.2) is 34.4 Å². The predicted molar refractivity (Wildman–Crippen MR) is 78.8 cm³/mol. The lowest BCUT2D eigenvalue weighted by Gasteiger charge is -2.01. The van der Waals surface area contributed by atoms with Gasteiger partial charge in [-0.25, -0.2) is 0 Å². The molecule has 0 heterocycles. The van der Waals surface area contributed by atoms with Crippen LogP contribution < -0.4 is 0 Å². The molecule has 0 aliphatic heterocycles. The van der Waals surface area contributed by atoms with Crippen LogP contribution in [0.2, 0.25) is 0 Å². The minimum atomic E-state index is -0.698. The van der Waals surface area contributed by atoms with Crippen molar-refractivity contribution in [3.63, 3.8) is 0 Å². The number of carboxylic acids is 2. The molecule has 20 heavy (non-hydrogen) atoms. The third-order valence-electron chi connectivity index (χ3n) is 3.03. The average Bonchev–Trinajstić information content (AvgIpc) is 2.41. The standard InChI is InChI=1S/C14H26O4.CH4O/c15-13(16)11-9-7-5-3-1-2-4-6-8-10-12-14(17)18;1-2/h1-12H2,(H,15,16)(H,17,18);2H,1H3. The van der Waals surface area contributed by atoms with Crippen LogP contribution in [0.1, 0.15) is 77.0 Å². The molecule has 0 fully saturated rings. The Balaban J connectivity index is 0. The molecule has 3 N–H and O–H groups in total. The Morgan fingerprint density at radius 2 is 0.750 bits per heavy atom. The van der Waals surface area contributed by atoms with E-state index in [0.717, 1.165) is 45.6 Å². The molecule has 0 aliphatic carbocycles. The van der Waals surface area contributed by atoms with Crippen LogP contribution in [0.25, 0.3) is 0 Å². The number of aliphatic hydroxyl groups is 1. The van der Waals surface area contributed by atoms with E-state index < -0.39 is 11.9 Å². The molecule has 0 saturated carbocycles. The molecule has 0 spiro atoms. The van der Waals surface area contributed by atoms with Crippen molar-refractivity contribution in [1.29, 1.82) is 0 Å². The summed E-state index contributed by atoms with van der Waals surface area (Å²) in [6.45, 7) is 0. The summed E-state index contributed by atoms with van der Waals surface area (Å²) in [6.07, 6.45) is 11.3. The van der Waals surface area contributed by atoms with E-state index in [4.69, 9.17) is 15.3 Å². The van der Waals surface area contributed by atoms with Gasteiger partial charge in [-0.15, -0.1) is 0 Å². The van der Waals surface area contributed by atoms with E-state index in [2.05, 4.69) is 0 Å². The van der Waals surface area contributed by atoms with Crippen molar-refractivity contribution < 1.29 is 24.9 Å². The lowest BCUT2D eigenvalue weighted by Crippen LogP contribution is -1.93. The zero-order chi connectivity index (χ0) is 15.6. The number of hydrogen-bond donors (Lipinski definition) is 3. The Bertz CT molecular complexity index is 204. The Labute approximate surface area is 122 Å². The van der Waals surface area contributed by atoms with Gasteiger partial charge < -0.3 is 15.3 Å². The highest BCUT2D eigenvalue weighted by Crippen LogP contribution is 2.11. The highest BCUT2D eigenvalue weighted by atomic mass is 16.4. The molecule has 5 nitrogen and oxygen atoms in total. The van der Waals surface area contributed by atoms with Crippen LogP contribution in [0, 0.1) is 0 Å². The minimum absolute atomic E-state index is 0.295. The number of aliphatic hydroxyl groups excluding tert-OH is 1. The zero-order valence-corrected chi connectivity index (χ0v) is 12.6. The molecule has 0 atom stereocenters. The molecule has 0 unspecified atom stereocenters. The lowest BCUT2D eigenvalue weighted by atomic mass is 10.1. The van der Waals surface area contributed by atoms with Crippen molar-refractivity contribution in [3.05, 3.63) is 0 Å². The molecule has 0 radical (unpaired) electrons. The lowest BCUT2D eigenvalue weighted by molar-refractivity contribution is -0.138. The molecule has 0 aromatic heterocycles. The Hall–Kier alpha value is -1.10. The van der Waals surface area contributed by atoms with Crippen molar-refractivity contribution in [2.45, 2.75) is 77.0 Å². The van der Waals surface area contributed by atoms with E-state index in [1.807, 2.05) is 0 Å². The van der Waals surface area contributed by atoms with E-state index in [1.54, 1.807) is 0 Å². The Kier molecular flexibility index (Phi) is 19.0. The first-order chi connectivity index (χ1) is 9.63. The molecule has 0 amide bonds. The third-order valence-corrected chi connectivity index (χ3v) is 3.03. The maximum Gasteiger partial charge on any atom is 0.303 e. The summed E-state index contributed by atoms with van der Waals surface area (Å²) in [5.74, 6) is -1.40. The first-order valence-electron chi connectivity index (χ1n) is 7.51. The molecule has 120 valence electrons. The molecule has 5 heteroatoms. The first-order valence-corrected chi connectivity index (χ1v) is 7.51. The first kappa shape index (κ1) is 21.2. The third kappa shape index (κ3) is 22.1. The van der Waals surface area contributed by atoms with Gasteiger partial charge in [0.05, 0.1) is 0 Å². The fourth-order valence-electron chi connectivity index (χ4n) is 1.97. The number of carboxylic acid groups (broad SMARTS) is 2. The highest BCUT2D eigenvalue weighted by Gasteiger charge is 1.98. The summed E-state index contributed by atoms with van der Waals surface area (Å²) < 4.78 is 0. The molecule has 0 rings (SSSR count). The zero-order valence-electron chi connectivity index (χ0n) is 12.6. The van der Waals surface area contributed by atoms with E-state index >= 15 is 0 Å². The van der Waals surface area contributed by atoms with Crippen molar-refractivity contribution in [2.24, 2.45) is 0 Å². The number of carbonyl (C=O) groups is 2. The molecule has 0 bridgehead atoms. The second-order valence-corrected chi connectivity index (χ2v) is 4.82. The molecule has 0 aromatic carbocycles. The normalized spacial score (nSPS) is 9.70. The van der Waals surface area contributed by atoms with E-state index in [9.17, 15) is 9.59 Å². The van der Waals surface area contributed by atoms with Crippen molar-refractivity contribution in [1.82, 2.24) is 0 Å². The summed E-state index contributed by atoms with van der Waals surface area (Å²) in [4.78, 5) is 20.5. The van der Waals surface area contributed by atoms with Crippen molar-refractivity contribution >= 4 is 11.9 Å².